The van der Waals surface area contributed by atoms with Crippen molar-refractivity contribution in [3.8, 4) is 22.8 Å². The number of nitrogens with zero attached hydrogens (tertiary/aromatic N) is 4. The van der Waals surface area contributed by atoms with E-state index in [2.05, 4.69) is 27.5 Å². The van der Waals surface area contributed by atoms with Gasteiger partial charge in [-0.2, -0.15) is 0 Å². The Balaban J connectivity index is 1.04. The molecular weight excluding hydrogens is 803 g/mol. The molecule has 1 spiro atoms. The summed E-state index contributed by atoms with van der Waals surface area (Å²) in [5, 5.41) is 14.8. The van der Waals surface area contributed by atoms with Gasteiger partial charge in [-0.05, 0) is 76.2 Å². The average molecular weight is 848 g/mol. The van der Waals surface area contributed by atoms with E-state index in [4.69, 9.17) is 40.1 Å². The molecule has 4 aromatic rings. The molecule has 60 heavy (non-hydrogen) atoms. The Morgan fingerprint density at radius 3 is 2.80 bits per heavy atom. The Hall–Kier alpha value is -5.29. The second kappa shape index (κ2) is 14.4. The number of aromatic nitrogens is 2. The summed E-state index contributed by atoms with van der Waals surface area (Å²) in [7, 11) is 5.13. The van der Waals surface area contributed by atoms with Crippen LogP contribution in [0.2, 0.25) is 0 Å². The topological polar surface area (TPSA) is 204 Å². The molecule has 0 saturated carbocycles. The third-order valence-electron chi connectivity index (χ3n) is 12.5. The van der Waals surface area contributed by atoms with E-state index >= 15 is 0 Å². The Morgan fingerprint density at radius 2 is 1.97 bits per heavy atom. The molecule has 1 saturated heterocycles. The zero-order valence-corrected chi connectivity index (χ0v) is 35.1. The molecule has 11 rings (SSSR count). The van der Waals surface area contributed by atoms with Crippen LogP contribution in [0.3, 0.4) is 0 Å². The van der Waals surface area contributed by atoms with Crippen molar-refractivity contribution in [3.63, 3.8) is 0 Å². The molecule has 6 aliphatic heterocycles. The SMILES string of the molecule is CNCC[C@]12O[C@@H]1CCc1cc(N)nc(c1)-c1cc(CN3C=C4N=CC=C4C3)nc(N)c1CSS[C@H]1C=C[C@]3(Cc4c(cc5oc(C)cc(=O)c5c4O)O[C@@]3(C)C1)OC2=O. The summed E-state index contributed by atoms with van der Waals surface area (Å²) in [5.74, 6) is 1.37. The highest BCUT2D eigenvalue weighted by Gasteiger charge is 2.66. The number of allylic oxidation sites excluding steroid dienone is 1. The number of pyridine rings is 2. The van der Waals surface area contributed by atoms with E-state index in [1.54, 1.807) is 34.6 Å². The first kappa shape index (κ1) is 38.9. The fourth-order valence-corrected chi connectivity index (χ4v) is 12.0. The average Bonchev–Trinajstić information content (AvgIpc) is 3.52. The van der Waals surface area contributed by atoms with Gasteiger partial charge < -0.3 is 45.4 Å². The molecule has 310 valence electrons. The Bertz CT molecular complexity index is 2680. The number of anilines is 2. The second-order valence-electron chi connectivity index (χ2n) is 16.6. The van der Waals surface area contributed by atoms with Crippen molar-refractivity contribution in [1.82, 2.24) is 20.2 Å². The van der Waals surface area contributed by atoms with Crippen LogP contribution in [0, 0.1) is 6.92 Å². The fourth-order valence-electron chi connectivity index (χ4n) is 9.32. The van der Waals surface area contributed by atoms with Gasteiger partial charge in [0.05, 0.1) is 29.7 Å². The van der Waals surface area contributed by atoms with Crippen molar-refractivity contribution in [2.75, 3.05) is 31.6 Å². The number of nitrogen functional groups attached to an aromatic ring is 2. The number of phenolic OH excluding ortho intramolecular Hbond substituents is 1. The molecule has 16 heteroatoms. The second-order valence-corrected chi connectivity index (χ2v) is 19.2. The number of nitrogens with one attached hydrogen (secondary N) is 1. The summed E-state index contributed by atoms with van der Waals surface area (Å²) in [4.78, 5) is 44.2. The Kier molecular flexibility index (Phi) is 9.35. The van der Waals surface area contributed by atoms with Crippen molar-refractivity contribution in [2.45, 2.75) is 86.4 Å². The van der Waals surface area contributed by atoms with E-state index < -0.39 is 28.9 Å². The number of nitrogens with two attached hydrogens (primary N) is 2. The van der Waals surface area contributed by atoms with E-state index in [9.17, 15) is 14.7 Å². The van der Waals surface area contributed by atoms with E-state index in [1.807, 2.05) is 50.5 Å². The normalized spacial score (nSPS) is 27.7. The molecular formula is C44H45N7O7S2. The lowest BCUT2D eigenvalue weighted by atomic mass is 9.70. The minimum absolute atomic E-state index is 0.0549. The zero-order valence-electron chi connectivity index (χ0n) is 33.4. The first-order chi connectivity index (χ1) is 28.9. The van der Waals surface area contributed by atoms with Gasteiger partial charge >= 0.3 is 5.97 Å². The summed E-state index contributed by atoms with van der Waals surface area (Å²) < 4.78 is 25.9. The van der Waals surface area contributed by atoms with Gasteiger partial charge in [0.1, 0.15) is 39.9 Å². The quantitative estimate of drug-likeness (QED) is 0.0827. The standard InChI is InChI=1S/C44H45N7O7S2/c1-23-12-33(52)38-35(55-23)16-34-29(39(38)53)18-43-8-6-27(17-42(43,2)56-34)60-59-22-30-28(15-26(49-40(30)46)20-51-19-25-7-10-48-32(25)21-51)31-13-24(14-37(45)50-31)4-5-36-44(57-36,9-11-47-3)41(54)58-43/h6-8,10,12-16,21,27,36,47,53H,4-5,9,11,17-20,22H2,1-3H3,(H2,45,50)(H2,46,49)/t27-,36+,42-,43+,44-/m0/s1. The van der Waals surface area contributed by atoms with Crippen LogP contribution in [0.1, 0.15) is 54.3 Å². The number of carbonyl (C=O) groups is 1. The van der Waals surface area contributed by atoms with Crippen molar-refractivity contribution in [2.24, 2.45) is 4.99 Å². The number of aryl methyl sites for hydroxylation is 2. The predicted molar refractivity (Wildman–Crippen MR) is 233 cm³/mol. The van der Waals surface area contributed by atoms with Gasteiger partial charge in [-0.1, -0.05) is 27.7 Å². The molecule has 7 aliphatic rings. The summed E-state index contributed by atoms with van der Waals surface area (Å²) >= 11 is 0. The third-order valence-corrected chi connectivity index (χ3v) is 15.2. The van der Waals surface area contributed by atoms with Gasteiger partial charge in [-0.15, -0.1) is 0 Å². The summed E-state index contributed by atoms with van der Waals surface area (Å²) in [6.45, 7) is 5.43. The summed E-state index contributed by atoms with van der Waals surface area (Å²) in [5.41, 5.74) is 16.2. The van der Waals surface area contributed by atoms with Crippen LogP contribution < -0.4 is 26.9 Å². The van der Waals surface area contributed by atoms with Crippen LogP contribution in [0.4, 0.5) is 11.6 Å². The number of rotatable bonds is 5. The highest BCUT2D eigenvalue weighted by atomic mass is 33.1. The van der Waals surface area contributed by atoms with E-state index in [0.29, 0.717) is 78.9 Å². The monoisotopic (exact) mass is 847 g/mol. The van der Waals surface area contributed by atoms with Gasteiger partial charge in [0.15, 0.2) is 22.2 Å². The molecule has 0 radical (unpaired) electrons. The molecule has 5 atom stereocenters. The van der Waals surface area contributed by atoms with Crippen molar-refractivity contribution in [1.29, 1.82) is 0 Å². The van der Waals surface area contributed by atoms with Crippen LogP contribution in [-0.4, -0.2) is 80.5 Å². The van der Waals surface area contributed by atoms with Gasteiger partial charge in [0.25, 0.3) is 0 Å². The maximum atomic E-state index is 14.7. The van der Waals surface area contributed by atoms with Crippen LogP contribution in [0.5, 0.6) is 11.5 Å². The maximum Gasteiger partial charge on any atom is 0.342 e. The molecule has 1 aliphatic carbocycles. The van der Waals surface area contributed by atoms with Crippen LogP contribution >= 0.6 is 21.6 Å². The van der Waals surface area contributed by atoms with Crippen LogP contribution in [0.15, 0.2) is 80.2 Å². The number of hydrogen-bond donors (Lipinski definition) is 4. The number of fused-ring (bicyclic) bond motifs is 7. The summed E-state index contributed by atoms with van der Waals surface area (Å²) in [6, 6.07) is 8.98. The third kappa shape index (κ3) is 6.55. The number of ether oxygens (including phenoxy) is 3. The summed E-state index contributed by atoms with van der Waals surface area (Å²) in [6.07, 6.45) is 11.4. The van der Waals surface area contributed by atoms with E-state index in [-0.39, 0.29) is 33.8 Å². The van der Waals surface area contributed by atoms with E-state index in [1.165, 1.54) is 11.6 Å². The molecule has 3 aromatic heterocycles. The molecule has 1 fully saturated rings. The van der Waals surface area contributed by atoms with Gasteiger partial charge in [0, 0.05) is 83.6 Å². The maximum absolute atomic E-state index is 14.7. The molecule has 0 unspecified atom stereocenters. The molecule has 1 aromatic carbocycles. The number of aromatic hydroxyl groups is 1. The zero-order chi connectivity index (χ0) is 41.6. The largest absolute Gasteiger partial charge is 0.507 e. The lowest BCUT2D eigenvalue weighted by molar-refractivity contribution is -0.187. The lowest BCUT2D eigenvalue weighted by Crippen LogP contribution is -2.64. The van der Waals surface area contributed by atoms with Crippen molar-refractivity contribution >= 4 is 56.4 Å². The number of benzene rings is 1. The number of hydrogen-bond acceptors (Lipinski definition) is 16. The smallest absolute Gasteiger partial charge is 0.342 e. The van der Waals surface area contributed by atoms with Gasteiger partial charge in [-0.3, -0.25) is 9.79 Å². The lowest BCUT2D eigenvalue weighted by Gasteiger charge is -2.52. The highest BCUT2D eigenvalue weighted by Crippen LogP contribution is 2.55. The Morgan fingerprint density at radius 1 is 1.10 bits per heavy atom. The number of carbonyl (C=O) groups excluding carboxylic acids is 1. The number of phenols is 1. The number of esters is 1. The fraction of sp³-hybridized carbons (Fsp3) is 0.386. The molecule has 0 amide bonds. The number of aliphatic imine (C=N–C) groups is 1. The van der Waals surface area contributed by atoms with E-state index in [0.717, 1.165) is 34.6 Å². The minimum atomic E-state index is -1.35. The predicted octanol–water partition coefficient (Wildman–Crippen LogP) is 5.68. The molecule has 9 heterocycles. The van der Waals surface area contributed by atoms with Gasteiger partial charge in [0.2, 0.25) is 0 Å². The van der Waals surface area contributed by atoms with Gasteiger partial charge in [-0.25, -0.2) is 14.8 Å². The van der Waals surface area contributed by atoms with Crippen molar-refractivity contribution < 1.29 is 28.5 Å². The first-order valence-electron chi connectivity index (χ1n) is 20.1. The van der Waals surface area contributed by atoms with Crippen LogP contribution in [0.25, 0.3) is 22.2 Å². The number of epoxide rings is 1. The van der Waals surface area contributed by atoms with Crippen molar-refractivity contribution in [3.05, 3.63) is 104 Å². The molecule has 6 N–H and O–H groups in total. The van der Waals surface area contributed by atoms with Crippen LogP contribution in [-0.2, 0) is 39.4 Å². The highest BCUT2D eigenvalue weighted by molar-refractivity contribution is 8.76. The molecule has 14 nitrogen and oxygen atoms in total. The Labute approximate surface area is 353 Å². The molecule has 4 bridgehead atoms. The minimum Gasteiger partial charge on any atom is -0.507 e. The first-order valence-corrected chi connectivity index (χ1v) is 22.5.